The van der Waals surface area contributed by atoms with Crippen LogP contribution >= 0.6 is 0 Å². The van der Waals surface area contributed by atoms with Crippen molar-refractivity contribution in [3.8, 4) is 5.75 Å². The van der Waals surface area contributed by atoms with Crippen molar-refractivity contribution >= 4 is 16.9 Å². The number of esters is 1. The van der Waals surface area contributed by atoms with E-state index in [2.05, 4.69) is 4.98 Å². The molecule has 4 nitrogen and oxygen atoms in total. The number of rotatable bonds is 5. The summed E-state index contributed by atoms with van der Waals surface area (Å²) in [5.41, 5.74) is 3.31. The summed E-state index contributed by atoms with van der Waals surface area (Å²) in [4.78, 5) is 15.7. The summed E-state index contributed by atoms with van der Waals surface area (Å²) < 4.78 is 5.44. The molecular formula is C19H19NO3. The number of phenols is 1. The molecule has 23 heavy (non-hydrogen) atoms. The van der Waals surface area contributed by atoms with Crippen LogP contribution in [0.2, 0.25) is 0 Å². The molecule has 1 heterocycles. The van der Waals surface area contributed by atoms with Gasteiger partial charge in [0.2, 0.25) is 0 Å². The number of aromatic hydroxyl groups is 1. The fourth-order valence-corrected chi connectivity index (χ4v) is 2.71. The van der Waals surface area contributed by atoms with Crippen LogP contribution in [0.1, 0.15) is 28.5 Å². The van der Waals surface area contributed by atoms with Crippen LogP contribution in [0, 0.1) is 0 Å². The van der Waals surface area contributed by atoms with E-state index in [0.29, 0.717) is 30.4 Å². The number of hydrogen-bond acceptors (Lipinski definition) is 3. The van der Waals surface area contributed by atoms with Crippen LogP contribution < -0.4 is 0 Å². The van der Waals surface area contributed by atoms with Gasteiger partial charge in [-0.25, -0.2) is 4.79 Å². The normalized spacial score (nSPS) is 10.8. The number of aryl methyl sites for hydroxylation is 1. The maximum atomic E-state index is 12.5. The van der Waals surface area contributed by atoms with Crippen molar-refractivity contribution < 1.29 is 14.6 Å². The number of ether oxygens (including phenoxy) is 1. The van der Waals surface area contributed by atoms with Crippen LogP contribution in [-0.2, 0) is 17.6 Å². The Labute approximate surface area is 134 Å². The van der Waals surface area contributed by atoms with Gasteiger partial charge in [-0.3, -0.25) is 0 Å². The second-order valence-electron chi connectivity index (χ2n) is 5.43. The first-order valence-corrected chi connectivity index (χ1v) is 7.73. The number of benzene rings is 2. The second kappa shape index (κ2) is 6.57. The molecule has 0 radical (unpaired) electrons. The summed E-state index contributed by atoms with van der Waals surface area (Å²) in [5, 5.41) is 10.4. The number of carbonyl (C=O) groups is 1. The summed E-state index contributed by atoms with van der Waals surface area (Å²) in [6, 6.07) is 14.9. The molecule has 0 aliphatic rings. The van der Waals surface area contributed by atoms with Gasteiger partial charge in [0.15, 0.2) is 0 Å². The SMILES string of the molecule is CCc1[nH]c2ccc(O)cc2c1C(=O)OCCc1ccccc1. The van der Waals surface area contributed by atoms with Gasteiger partial charge in [0, 0.05) is 23.0 Å². The van der Waals surface area contributed by atoms with Gasteiger partial charge in [-0.2, -0.15) is 0 Å². The Hall–Kier alpha value is -2.75. The van der Waals surface area contributed by atoms with Crippen LogP contribution in [0.4, 0.5) is 0 Å². The van der Waals surface area contributed by atoms with Crippen molar-refractivity contribution in [2.75, 3.05) is 6.61 Å². The molecule has 0 saturated heterocycles. The molecule has 0 aliphatic heterocycles. The summed E-state index contributed by atoms with van der Waals surface area (Å²) in [6.45, 7) is 2.31. The van der Waals surface area contributed by atoms with E-state index in [-0.39, 0.29) is 11.7 Å². The predicted octanol–water partition coefficient (Wildman–Crippen LogP) is 3.84. The van der Waals surface area contributed by atoms with Gasteiger partial charge in [-0.1, -0.05) is 37.3 Å². The van der Waals surface area contributed by atoms with E-state index in [1.54, 1.807) is 18.2 Å². The third-order valence-electron chi connectivity index (χ3n) is 3.88. The summed E-state index contributed by atoms with van der Waals surface area (Å²) in [6.07, 6.45) is 1.38. The number of hydrogen-bond donors (Lipinski definition) is 2. The molecule has 0 amide bonds. The lowest BCUT2D eigenvalue weighted by Gasteiger charge is -2.06. The molecule has 0 unspecified atom stereocenters. The average Bonchev–Trinajstić information content (AvgIpc) is 2.93. The zero-order chi connectivity index (χ0) is 16.2. The van der Waals surface area contributed by atoms with Crippen molar-refractivity contribution in [1.29, 1.82) is 0 Å². The number of fused-ring (bicyclic) bond motifs is 1. The van der Waals surface area contributed by atoms with Gasteiger partial charge in [-0.05, 0) is 30.2 Å². The topological polar surface area (TPSA) is 62.3 Å². The van der Waals surface area contributed by atoms with E-state index in [4.69, 9.17) is 4.74 Å². The number of aromatic nitrogens is 1. The lowest BCUT2D eigenvalue weighted by molar-refractivity contribution is 0.0510. The highest BCUT2D eigenvalue weighted by Gasteiger charge is 2.19. The number of carbonyl (C=O) groups excluding carboxylic acids is 1. The molecule has 0 bridgehead atoms. The number of aromatic amines is 1. The first kappa shape index (κ1) is 15.2. The van der Waals surface area contributed by atoms with E-state index in [1.165, 1.54) is 0 Å². The highest BCUT2D eigenvalue weighted by atomic mass is 16.5. The van der Waals surface area contributed by atoms with Gasteiger partial charge >= 0.3 is 5.97 Å². The van der Waals surface area contributed by atoms with Crippen molar-refractivity contribution in [2.24, 2.45) is 0 Å². The highest BCUT2D eigenvalue weighted by molar-refractivity contribution is 6.06. The Morgan fingerprint density at radius 3 is 2.70 bits per heavy atom. The van der Waals surface area contributed by atoms with Gasteiger partial charge in [0.25, 0.3) is 0 Å². The molecule has 0 fully saturated rings. The van der Waals surface area contributed by atoms with E-state index in [0.717, 1.165) is 16.8 Å². The Morgan fingerprint density at radius 1 is 1.17 bits per heavy atom. The lowest BCUT2D eigenvalue weighted by atomic mass is 10.1. The summed E-state index contributed by atoms with van der Waals surface area (Å²) >= 11 is 0. The van der Waals surface area contributed by atoms with Crippen LogP contribution in [-0.4, -0.2) is 22.7 Å². The van der Waals surface area contributed by atoms with E-state index in [1.807, 2.05) is 37.3 Å². The first-order valence-electron chi connectivity index (χ1n) is 7.73. The molecule has 0 atom stereocenters. The Bertz CT molecular complexity index is 821. The highest BCUT2D eigenvalue weighted by Crippen LogP contribution is 2.27. The quantitative estimate of drug-likeness (QED) is 0.704. The van der Waals surface area contributed by atoms with Crippen molar-refractivity contribution in [3.05, 3.63) is 65.4 Å². The number of nitrogens with one attached hydrogen (secondary N) is 1. The Kier molecular flexibility index (Phi) is 4.33. The minimum atomic E-state index is -0.352. The molecule has 1 aromatic heterocycles. The van der Waals surface area contributed by atoms with Crippen LogP contribution in [0.5, 0.6) is 5.75 Å². The molecule has 2 aromatic carbocycles. The van der Waals surface area contributed by atoms with Crippen LogP contribution in [0.25, 0.3) is 10.9 Å². The average molecular weight is 309 g/mol. The molecule has 3 aromatic rings. The third-order valence-corrected chi connectivity index (χ3v) is 3.88. The monoisotopic (exact) mass is 309 g/mol. The van der Waals surface area contributed by atoms with Gasteiger partial charge < -0.3 is 14.8 Å². The fourth-order valence-electron chi connectivity index (χ4n) is 2.71. The number of H-pyrrole nitrogens is 1. The molecule has 118 valence electrons. The maximum absolute atomic E-state index is 12.5. The molecule has 0 saturated carbocycles. The molecule has 2 N–H and O–H groups in total. The van der Waals surface area contributed by atoms with Gasteiger partial charge in [0.05, 0.1) is 12.2 Å². The molecule has 0 spiro atoms. The first-order chi connectivity index (χ1) is 11.2. The largest absolute Gasteiger partial charge is 0.508 e. The van der Waals surface area contributed by atoms with Gasteiger partial charge in [-0.15, -0.1) is 0 Å². The predicted molar refractivity (Wildman–Crippen MR) is 89.8 cm³/mol. The zero-order valence-electron chi connectivity index (χ0n) is 13.0. The Morgan fingerprint density at radius 2 is 1.96 bits per heavy atom. The minimum Gasteiger partial charge on any atom is -0.508 e. The van der Waals surface area contributed by atoms with Crippen molar-refractivity contribution in [1.82, 2.24) is 4.98 Å². The Balaban J connectivity index is 1.78. The smallest absolute Gasteiger partial charge is 0.340 e. The standard InChI is InChI=1S/C19H19NO3/c1-2-16-18(15-12-14(21)8-9-17(15)20-16)19(22)23-11-10-13-6-4-3-5-7-13/h3-9,12,20-21H,2,10-11H2,1H3. The number of phenolic OH excluding ortho intramolecular Hbond substituents is 1. The van der Waals surface area contributed by atoms with E-state index < -0.39 is 0 Å². The summed E-state index contributed by atoms with van der Waals surface area (Å²) in [7, 11) is 0. The minimum absolute atomic E-state index is 0.137. The van der Waals surface area contributed by atoms with Gasteiger partial charge in [0.1, 0.15) is 5.75 Å². The lowest BCUT2D eigenvalue weighted by Crippen LogP contribution is -2.09. The van der Waals surface area contributed by atoms with Crippen molar-refractivity contribution in [3.63, 3.8) is 0 Å². The second-order valence-corrected chi connectivity index (χ2v) is 5.43. The molecule has 4 heteroatoms. The zero-order valence-corrected chi connectivity index (χ0v) is 13.0. The van der Waals surface area contributed by atoms with E-state index >= 15 is 0 Å². The van der Waals surface area contributed by atoms with E-state index in [9.17, 15) is 9.90 Å². The van der Waals surface area contributed by atoms with Crippen LogP contribution in [0.15, 0.2) is 48.5 Å². The molecule has 0 aliphatic carbocycles. The summed E-state index contributed by atoms with van der Waals surface area (Å²) in [5.74, 6) is -0.216. The third kappa shape index (κ3) is 3.21. The van der Waals surface area contributed by atoms with Crippen LogP contribution in [0.3, 0.4) is 0 Å². The molecule has 3 rings (SSSR count). The fraction of sp³-hybridized carbons (Fsp3) is 0.211. The molecular weight excluding hydrogens is 290 g/mol. The van der Waals surface area contributed by atoms with Crippen molar-refractivity contribution in [2.45, 2.75) is 19.8 Å². The maximum Gasteiger partial charge on any atom is 0.340 e.